The minimum absolute atomic E-state index is 0.0858. The number of carboxylic acids is 1. The van der Waals surface area contributed by atoms with Crippen LogP contribution in [0.4, 0.5) is 0 Å². The van der Waals surface area contributed by atoms with Gasteiger partial charge in [-0.05, 0) is 98.6 Å². The fourth-order valence-corrected chi connectivity index (χ4v) is 10.1. The van der Waals surface area contributed by atoms with Crippen LogP contribution in [-0.2, 0) is 60.8 Å². The van der Waals surface area contributed by atoms with Crippen LogP contribution in [0.25, 0.3) is 10.8 Å². The number of benzene rings is 3. The van der Waals surface area contributed by atoms with Crippen molar-refractivity contribution in [1.82, 2.24) is 47.0 Å². The Labute approximate surface area is 477 Å². The van der Waals surface area contributed by atoms with Crippen molar-refractivity contribution in [2.75, 3.05) is 39.3 Å². The summed E-state index contributed by atoms with van der Waals surface area (Å²) in [5, 5.41) is 40.4. The third-order valence-corrected chi connectivity index (χ3v) is 14.2. The van der Waals surface area contributed by atoms with Crippen molar-refractivity contribution < 1.29 is 58.2 Å². The maximum absolute atomic E-state index is 14.4. The molecule has 82 heavy (non-hydrogen) atoms. The lowest BCUT2D eigenvalue weighted by Gasteiger charge is -2.33. The number of guanidine groups is 1. The summed E-state index contributed by atoms with van der Waals surface area (Å²) < 4.78 is 0. The second-order valence-electron chi connectivity index (χ2n) is 21.2. The average molecular weight is 1140 g/mol. The minimum atomic E-state index is -1.66. The number of hydrogen-bond donors (Lipinski definition) is 12. The highest BCUT2D eigenvalue weighted by atomic mass is 16.4. The van der Waals surface area contributed by atoms with E-state index in [4.69, 9.17) is 17.2 Å². The number of rotatable bonds is 31. The maximum atomic E-state index is 14.4. The second-order valence-corrected chi connectivity index (χ2v) is 21.2. The zero-order valence-corrected chi connectivity index (χ0v) is 46.9. The van der Waals surface area contributed by atoms with E-state index < -0.39 is 121 Å². The van der Waals surface area contributed by atoms with E-state index in [2.05, 4.69) is 42.2 Å². The van der Waals surface area contributed by atoms with E-state index in [9.17, 15) is 58.2 Å². The number of carbonyl (C=O) groups is 10. The van der Waals surface area contributed by atoms with E-state index >= 15 is 0 Å². The van der Waals surface area contributed by atoms with Crippen molar-refractivity contribution in [3.8, 4) is 0 Å². The lowest BCUT2D eigenvalue weighted by atomic mass is 9.99. The number of nitrogens with zero attached hydrogens (tertiary/aromatic N) is 3. The molecule has 3 aromatic rings. The van der Waals surface area contributed by atoms with Crippen molar-refractivity contribution in [3.05, 3.63) is 83.9 Å². The third-order valence-electron chi connectivity index (χ3n) is 14.2. The molecule has 15 N–H and O–H groups in total. The van der Waals surface area contributed by atoms with Gasteiger partial charge in [-0.15, -0.1) is 0 Å². The van der Waals surface area contributed by atoms with E-state index in [1.54, 1.807) is 50.2 Å². The number of hydrogen-bond acceptors (Lipinski definition) is 13. The molecule has 446 valence electrons. The van der Waals surface area contributed by atoms with Gasteiger partial charge in [0.25, 0.3) is 0 Å². The van der Waals surface area contributed by atoms with Gasteiger partial charge in [-0.3, -0.25) is 48.1 Å². The summed E-state index contributed by atoms with van der Waals surface area (Å²) in [6.07, 6.45) is 3.12. The fraction of sp³-hybridized carbons (Fsp3) is 0.526. The Bertz CT molecular complexity index is 2740. The number of aliphatic hydroxyl groups is 1. The van der Waals surface area contributed by atoms with Crippen LogP contribution in [0.3, 0.4) is 0 Å². The smallest absolute Gasteiger partial charge is 0.326 e. The Morgan fingerprint density at radius 3 is 1.85 bits per heavy atom. The average Bonchev–Trinajstić information content (AvgIpc) is 4.21. The maximum Gasteiger partial charge on any atom is 0.326 e. The van der Waals surface area contributed by atoms with Gasteiger partial charge in [0.1, 0.15) is 48.3 Å². The standard InChI is InChI=1S/C57H81N13O12/c1-34(2)28-44(56(81)82)67-51(76)43(31-37-22-23-38-16-7-8-17-39(38)29-37)66-52(77)45(33-71)68-50(75)42(30-36-14-5-4-6-15-36)64-48(73)32-62-53(78)46-20-12-26-69(46)55(80)47-21-13-27-70(47)54(79)41(19-11-25-61-57(59)60)65-49(74)40(63-35(3)72)18-9-10-24-58/h4-8,14-17,22-23,29,34,40-47,71H,9-13,18-21,24-28,30-33,58H2,1-3H3,(H,62,78)(H,63,72)(H,64,73)(H,65,74)(H,66,77)(H,67,76)(H,68,75)(H,81,82)(H4,59,60,61)/t40-,41-,42-,43+,44-,45-,46-,47-/m0/s1. The van der Waals surface area contributed by atoms with Crippen LogP contribution in [0.1, 0.15) is 96.1 Å². The van der Waals surface area contributed by atoms with Gasteiger partial charge in [-0.25, -0.2) is 4.79 Å². The number of carbonyl (C=O) groups excluding carboxylic acids is 9. The Hall–Kier alpha value is -8.19. The van der Waals surface area contributed by atoms with Gasteiger partial charge in [0.15, 0.2) is 5.96 Å². The number of aliphatic hydroxyl groups excluding tert-OH is 1. The first-order valence-corrected chi connectivity index (χ1v) is 28.0. The Morgan fingerprint density at radius 2 is 1.21 bits per heavy atom. The second kappa shape index (κ2) is 32.3. The zero-order chi connectivity index (χ0) is 59.9. The third kappa shape index (κ3) is 19.8. The monoisotopic (exact) mass is 1140 g/mol. The van der Waals surface area contributed by atoms with Gasteiger partial charge >= 0.3 is 5.97 Å². The Kier molecular flexibility index (Phi) is 25.5. The van der Waals surface area contributed by atoms with Gasteiger partial charge in [0.05, 0.1) is 13.2 Å². The SMILES string of the molecule is CC(=O)N[C@@H](CCCCN)C(=O)N[C@@H](CCCN=C(N)N)C(=O)N1CCC[C@H]1C(=O)N1CCC[C@H]1C(=O)NCC(=O)N[C@@H](Cc1ccccc1)C(=O)N[C@@H](CO)C(=O)N[C@H](Cc1ccc2ccccc2c1)C(=O)N[C@@H](CC(C)C)C(=O)O. The van der Waals surface area contributed by atoms with E-state index in [-0.39, 0.29) is 82.9 Å². The topological polar surface area (TPSA) is 392 Å². The summed E-state index contributed by atoms with van der Waals surface area (Å²) in [4.78, 5) is 143. The highest BCUT2D eigenvalue weighted by Gasteiger charge is 2.44. The highest BCUT2D eigenvalue weighted by molar-refractivity contribution is 5.98. The number of aliphatic imine (C=N–C) groups is 1. The zero-order valence-electron chi connectivity index (χ0n) is 46.9. The van der Waals surface area contributed by atoms with Crippen molar-refractivity contribution in [3.63, 3.8) is 0 Å². The molecule has 2 aliphatic heterocycles. The van der Waals surface area contributed by atoms with Crippen molar-refractivity contribution in [1.29, 1.82) is 0 Å². The van der Waals surface area contributed by atoms with Crippen LogP contribution < -0.4 is 54.4 Å². The first-order valence-electron chi connectivity index (χ1n) is 28.0. The number of nitrogens with two attached hydrogens (primary N) is 3. The van der Waals surface area contributed by atoms with Crippen LogP contribution in [0.5, 0.6) is 0 Å². The Balaban J connectivity index is 1.26. The number of likely N-dealkylation sites (tertiary alicyclic amines) is 2. The molecule has 0 aromatic heterocycles. The molecule has 25 nitrogen and oxygen atoms in total. The first-order chi connectivity index (χ1) is 39.2. The van der Waals surface area contributed by atoms with Crippen molar-refractivity contribution in [2.45, 2.75) is 146 Å². The van der Waals surface area contributed by atoms with E-state index in [1.165, 1.54) is 16.7 Å². The number of carboxylic acid groups (broad SMARTS) is 1. The first kappa shape index (κ1) is 64.6. The van der Waals surface area contributed by atoms with Crippen molar-refractivity contribution in [2.24, 2.45) is 28.1 Å². The molecule has 2 aliphatic rings. The van der Waals surface area contributed by atoms with Crippen LogP contribution in [0, 0.1) is 5.92 Å². The molecule has 0 unspecified atom stereocenters. The van der Waals surface area contributed by atoms with Crippen LogP contribution in [0.2, 0.25) is 0 Å². The van der Waals surface area contributed by atoms with Crippen LogP contribution >= 0.6 is 0 Å². The predicted octanol–water partition coefficient (Wildman–Crippen LogP) is -1.04. The van der Waals surface area contributed by atoms with Gasteiger partial charge in [0.2, 0.25) is 53.2 Å². The molecule has 5 rings (SSSR count). The molecule has 2 heterocycles. The minimum Gasteiger partial charge on any atom is -0.480 e. The summed E-state index contributed by atoms with van der Waals surface area (Å²) in [5.74, 6) is -7.73. The lowest BCUT2D eigenvalue weighted by molar-refractivity contribution is -0.148. The molecule has 0 aliphatic carbocycles. The van der Waals surface area contributed by atoms with E-state index in [0.29, 0.717) is 43.4 Å². The molecular formula is C57H81N13O12. The quantitative estimate of drug-likeness (QED) is 0.0208. The molecule has 8 atom stereocenters. The lowest BCUT2D eigenvalue weighted by Crippen LogP contribution is -2.60. The molecule has 9 amide bonds. The summed E-state index contributed by atoms with van der Waals surface area (Å²) in [5.41, 5.74) is 17.9. The molecule has 25 heteroatoms. The fourth-order valence-electron chi connectivity index (χ4n) is 10.1. The highest BCUT2D eigenvalue weighted by Crippen LogP contribution is 2.26. The Morgan fingerprint density at radius 1 is 0.634 bits per heavy atom. The van der Waals surface area contributed by atoms with Crippen LogP contribution in [0.15, 0.2) is 77.8 Å². The molecule has 0 spiro atoms. The van der Waals surface area contributed by atoms with E-state index in [1.807, 2.05) is 36.4 Å². The molecule has 2 fully saturated rings. The summed E-state index contributed by atoms with van der Waals surface area (Å²) >= 11 is 0. The molecular weight excluding hydrogens is 1060 g/mol. The van der Waals surface area contributed by atoms with Gasteiger partial charge < -0.3 is 74.4 Å². The summed E-state index contributed by atoms with van der Waals surface area (Å²) in [7, 11) is 0. The van der Waals surface area contributed by atoms with E-state index in [0.717, 1.165) is 10.8 Å². The number of unbranched alkanes of at least 4 members (excludes halogenated alkanes) is 1. The number of nitrogens with one attached hydrogen (secondary N) is 7. The molecule has 0 saturated carbocycles. The number of aliphatic carboxylic acids is 1. The summed E-state index contributed by atoms with van der Waals surface area (Å²) in [6, 6.07) is 11.8. The predicted molar refractivity (Wildman–Crippen MR) is 305 cm³/mol. The van der Waals surface area contributed by atoms with Gasteiger partial charge in [0, 0.05) is 39.4 Å². The molecule has 2 saturated heterocycles. The molecule has 0 radical (unpaired) electrons. The van der Waals surface area contributed by atoms with Gasteiger partial charge in [-0.1, -0.05) is 86.6 Å². The summed E-state index contributed by atoms with van der Waals surface area (Å²) in [6.45, 7) is 4.20. The van der Waals surface area contributed by atoms with Crippen LogP contribution in [-0.4, -0.2) is 173 Å². The molecule has 0 bridgehead atoms. The number of fused-ring (bicyclic) bond motifs is 1. The molecule has 3 aromatic carbocycles. The number of amides is 9. The largest absolute Gasteiger partial charge is 0.480 e. The normalized spacial score (nSPS) is 17.0. The van der Waals surface area contributed by atoms with Crippen molar-refractivity contribution >= 4 is 75.9 Å². The van der Waals surface area contributed by atoms with Gasteiger partial charge in [-0.2, -0.15) is 0 Å².